The molecule has 0 bridgehead atoms. The third-order valence-corrected chi connectivity index (χ3v) is 3.59. The number of halogens is 1. The van der Waals surface area contributed by atoms with Crippen molar-refractivity contribution in [2.75, 3.05) is 19.6 Å². The van der Waals surface area contributed by atoms with Gasteiger partial charge < -0.3 is 10.0 Å². The van der Waals surface area contributed by atoms with Gasteiger partial charge >= 0.3 is 0 Å². The molecule has 0 radical (unpaired) electrons. The predicted octanol–water partition coefficient (Wildman–Crippen LogP) is 4.28. The van der Waals surface area contributed by atoms with E-state index in [0.29, 0.717) is 11.6 Å². The number of hydrogen-bond donors (Lipinski definition) is 1. The van der Waals surface area contributed by atoms with Crippen molar-refractivity contribution in [1.29, 1.82) is 0 Å². The minimum absolute atomic E-state index is 0.425. The number of nitrogens with zero attached hydrogens (tertiary/aromatic N) is 1. The molecule has 0 aliphatic rings. The summed E-state index contributed by atoms with van der Waals surface area (Å²) in [6, 6.07) is 7.49. The van der Waals surface area contributed by atoms with E-state index < -0.39 is 6.10 Å². The molecule has 0 aliphatic heterocycles. The van der Waals surface area contributed by atoms with Gasteiger partial charge in [-0.3, -0.25) is 0 Å². The minimum Gasteiger partial charge on any atom is -0.387 e. The lowest BCUT2D eigenvalue weighted by Crippen LogP contribution is -2.30. The van der Waals surface area contributed by atoms with Crippen LogP contribution in [0.3, 0.4) is 0 Å². The van der Waals surface area contributed by atoms with Gasteiger partial charge in [0.2, 0.25) is 0 Å². The Hall–Kier alpha value is -0.570. The molecule has 1 rings (SSSR count). The van der Waals surface area contributed by atoms with Crippen molar-refractivity contribution in [2.24, 2.45) is 0 Å². The Morgan fingerprint density at radius 1 is 1.05 bits per heavy atom. The summed E-state index contributed by atoms with van der Waals surface area (Å²) < 4.78 is 0. The van der Waals surface area contributed by atoms with Gasteiger partial charge in [-0.15, -0.1) is 0 Å². The van der Waals surface area contributed by atoms with Crippen molar-refractivity contribution in [1.82, 2.24) is 4.90 Å². The number of rotatable bonds is 9. The van der Waals surface area contributed by atoms with Gasteiger partial charge in [0.25, 0.3) is 0 Å². The Morgan fingerprint density at radius 2 is 1.58 bits per heavy atom. The third kappa shape index (κ3) is 6.42. The number of hydrogen-bond acceptors (Lipinski definition) is 2. The molecule has 1 atom stereocenters. The zero-order chi connectivity index (χ0) is 14.1. The largest absolute Gasteiger partial charge is 0.387 e. The molecule has 1 unspecified atom stereocenters. The van der Waals surface area contributed by atoms with Gasteiger partial charge in [0, 0.05) is 11.6 Å². The highest BCUT2D eigenvalue weighted by Crippen LogP contribution is 2.18. The average Bonchev–Trinajstić information content (AvgIpc) is 2.42. The molecule has 1 aromatic rings. The van der Waals surface area contributed by atoms with Crippen molar-refractivity contribution in [3.63, 3.8) is 0 Å². The summed E-state index contributed by atoms with van der Waals surface area (Å²) in [4.78, 5) is 2.37. The minimum atomic E-state index is -0.425. The fraction of sp³-hybridized carbons (Fsp3) is 0.625. The van der Waals surface area contributed by atoms with Crippen LogP contribution in [0.4, 0.5) is 0 Å². The number of aliphatic hydroxyl groups excluding tert-OH is 1. The van der Waals surface area contributed by atoms with Crippen LogP contribution in [-0.4, -0.2) is 29.6 Å². The van der Waals surface area contributed by atoms with Crippen molar-refractivity contribution in [3.8, 4) is 0 Å². The molecule has 1 N–H and O–H groups in total. The topological polar surface area (TPSA) is 23.5 Å². The molecule has 0 amide bonds. The smallest absolute Gasteiger partial charge is 0.0916 e. The van der Waals surface area contributed by atoms with Crippen molar-refractivity contribution in [3.05, 3.63) is 34.9 Å². The van der Waals surface area contributed by atoms with E-state index in [1.165, 1.54) is 25.7 Å². The first kappa shape index (κ1) is 16.5. The third-order valence-electron chi connectivity index (χ3n) is 3.34. The zero-order valence-corrected chi connectivity index (χ0v) is 12.9. The first-order valence-electron chi connectivity index (χ1n) is 7.33. The Morgan fingerprint density at radius 3 is 2.05 bits per heavy atom. The Balaban J connectivity index is 2.53. The van der Waals surface area contributed by atoms with Crippen LogP contribution in [0.5, 0.6) is 0 Å². The Kier molecular flexibility index (Phi) is 8.11. The molecular weight excluding hydrogens is 258 g/mol. The van der Waals surface area contributed by atoms with E-state index in [-0.39, 0.29) is 0 Å². The van der Waals surface area contributed by atoms with Gasteiger partial charge in [-0.2, -0.15) is 0 Å². The van der Waals surface area contributed by atoms with Crippen LogP contribution in [0.1, 0.15) is 51.2 Å². The maximum atomic E-state index is 10.3. The molecule has 2 nitrogen and oxygen atoms in total. The van der Waals surface area contributed by atoms with E-state index in [4.69, 9.17) is 11.6 Å². The highest BCUT2D eigenvalue weighted by molar-refractivity contribution is 6.30. The summed E-state index contributed by atoms with van der Waals surface area (Å²) in [6.07, 6.45) is 4.35. The second-order valence-corrected chi connectivity index (χ2v) is 5.51. The molecule has 108 valence electrons. The standard InChI is InChI=1S/C16H26ClNO/c1-3-5-11-18(12-6-4-2)13-16(19)14-7-9-15(17)10-8-14/h7-10,16,19H,3-6,11-13H2,1-2H3. The van der Waals surface area contributed by atoms with Crippen LogP contribution in [0.15, 0.2) is 24.3 Å². The van der Waals surface area contributed by atoms with Crippen LogP contribution in [0.2, 0.25) is 5.02 Å². The summed E-state index contributed by atoms with van der Waals surface area (Å²) in [5, 5.41) is 11.0. The maximum absolute atomic E-state index is 10.3. The molecule has 19 heavy (non-hydrogen) atoms. The molecule has 0 spiro atoms. The van der Waals surface area contributed by atoms with E-state index in [0.717, 1.165) is 18.7 Å². The second kappa shape index (κ2) is 9.35. The summed E-state index contributed by atoms with van der Waals surface area (Å²) in [7, 11) is 0. The van der Waals surface area contributed by atoms with E-state index in [2.05, 4.69) is 18.7 Å². The summed E-state index contributed by atoms with van der Waals surface area (Å²) >= 11 is 5.87. The van der Waals surface area contributed by atoms with Gasteiger partial charge in [0.05, 0.1) is 6.10 Å². The van der Waals surface area contributed by atoms with Crippen LogP contribution in [0, 0.1) is 0 Å². The normalized spacial score (nSPS) is 12.9. The molecule has 0 fully saturated rings. The number of aliphatic hydroxyl groups is 1. The highest BCUT2D eigenvalue weighted by Gasteiger charge is 2.12. The molecule has 0 aromatic heterocycles. The van der Waals surface area contributed by atoms with Crippen molar-refractivity contribution < 1.29 is 5.11 Å². The van der Waals surface area contributed by atoms with Gasteiger partial charge in [0.1, 0.15) is 0 Å². The lowest BCUT2D eigenvalue weighted by atomic mass is 10.1. The Labute approximate surface area is 122 Å². The maximum Gasteiger partial charge on any atom is 0.0916 e. The molecule has 0 aliphatic carbocycles. The SMILES string of the molecule is CCCCN(CCCC)CC(O)c1ccc(Cl)cc1. The molecule has 0 heterocycles. The second-order valence-electron chi connectivity index (χ2n) is 5.08. The number of unbranched alkanes of at least 4 members (excludes halogenated alkanes) is 2. The Bertz CT molecular complexity index is 331. The molecular formula is C16H26ClNO. The van der Waals surface area contributed by atoms with Crippen molar-refractivity contribution >= 4 is 11.6 Å². The van der Waals surface area contributed by atoms with Gasteiger partial charge in [-0.05, 0) is 43.6 Å². The zero-order valence-electron chi connectivity index (χ0n) is 12.1. The van der Waals surface area contributed by atoms with Gasteiger partial charge in [-0.25, -0.2) is 0 Å². The van der Waals surface area contributed by atoms with Crippen LogP contribution < -0.4 is 0 Å². The van der Waals surface area contributed by atoms with Crippen molar-refractivity contribution in [2.45, 2.75) is 45.6 Å². The van der Waals surface area contributed by atoms with Crippen LogP contribution in [-0.2, 0) is 0 Å². The van der Waals surface area contributed by atoms with E-state index >= 15 is 0 Å². The van der Waals surface area contributed by atoms with Gasteiger partial charge in [-0.1, -0.05) is 50.4 Å². The fourth-order valence-electron chi connectivity index (χ4n) is 2.09. The lowest BCUT2D eigenvalue weighted by Gasteiger charge is -2.25. The monoisotopic (exact) mass is 283 g/mol. The molecule has 0 saturated carbocycles. The highest BCUT2D eigenvalue weighted by atomic mass is 35.5. The van der Waals surface area contributed by atoms with Crippen LogP contribution >= 0.6 is 11.6 Å². The lowest BCUT2D eigenvalue weighted by molar-refractivity contribution is 0.111. The van der Waals surface area contributed by atoms with E-state index in [1.54, 1.807) is 0 Å². The van der Waals surface area contributed by atoms with E-state index in [1.807, 2.05) is 24.3 Å². The fourth-order valence-corrected chi connectivity index (χ4v) is 2.22. The summed E-state index contributed by atoms with van der Waals surface area (Å²) in [5.74, 6) is 0. The molecule has 3 heteroatoms. The van der Waals surface area contributed by atoms with Crippen LogP contribution in [0.25, 0.3) is 0 Å². The molecule has 0 saturated heterocycles. The summed E-state index contributed by atoms with van der Waals surface area (Å²) in [5.41, 5.74) is 0.947. The summed E-state index contributed by atoms with van der Waals surface area (Å²) in [6.45, 7) is 7.26. The average molecular weight is 284 g/mol. The number of benzene rings is 1. The molecule has 1 aromatic carbocycles. The van der Waals surface area contributed by atoms with Gasteiger partial charge in [0.15, 0.2) is 0 Å². The predicted molar refractivity (Wildman–Crippen MR) is 82.7 cm³/mol. The first-order valence-corrected chi connectivity index (χ1v) is 7.71. The van der Waals surface area contributed by atoms with E-state index in [9.17, 15) is 5.11 Å². The quantitative estimate of drug-likeness (QED) is 0.731. The first-order chi connectivity index (χ1) is 9.17.